The maximum atomic E-state index is 12.4. The van der Waals surface area contributed by atoms with E-state index < -0.39 is 11.9 Å². The second kappa shape index (κ2) is 8.77. The standard InChI is InChI=1S/C17H17NO5S2/c19-14(20)4-2-1-3-9-18-15(21)13(25-17(18)24)10-11-5-7-12(8-6-11)16(22)23/h5-8,10H,1-4,9H2,(H,19,20)(H,22,23)/b13-10-. The average molecular weight is 379 g/mol. The van der Waals surface area contributed by atoms with Gasteiger partial charge < -0.3 is 10.2 Å². The summed E-state index contributed by atoms with van der Waals surface area (Å²) in [5, 5.41) is 17.5. The second-order valence-corrected chi connectivity index (χ2v) is 7.14. The van der Waals surface area contributed by atoms with Crippen molar-refractivity contribution in [1.82, 2.24) is 4.90 Å². The van der Waals surface area contributed by atoms with Crippen LogP contribution in [0.25, 0.3) is 6.08 Å². The van der Waals surface area contributed by atoms with Crippen molar-refractivity contribution in [3.63, 3.8) is 0 Å². The molecule has 2 rings (SSSR count). The number of unbranched alkanes of at least 4 members (excludes halogenated alkanes) is 2. The fourth-order valence-corrected chi connectivity index (χ4v) is 3.60. The van der Waals surface area contributed by atoms with Crippen LogP contribution in [-0.2, 0) is 9.59 Å². The number of amides is 1. The number of carbonyl (C=O) groups excluding carboxylic acids is 1. The fourth-order valence-electron chi connectivity index (χ4n) is 2.29. The number of rotatable bonds is 8. The number of hydrogen-bond acceptors (Lipinski definition) is 5. The molecule has 2 N–H and O–H groups in total. The number of carboxylic acid groups (broad SMARTS) is 2. The summed E-state index contributed by atoms with van der Waals surface area (Å²) in [6, 6.07) is 6.25. The average Bonchev–Trinajstić information content (AvgIpc) is 2.82. The lowest BCUT2D eigenvalue weighted by Crippen LogP contribution is -2.29. The Bertz CT molecular complexity index is 727. The van der Waals surface area contributed by atoms with Gasteiger partial charge in [-0.15, -0.1) is 0 Å². The Balaban J connectivity index is 1.95. The minimum Gasteiger partial charge on any atom is -0.481 e. The number of carboxylic acids is 2. The molecule has 1 aliphatic heterocycles. The normalized spacial score (nSPS) is 15.8. The van der Waals surface area contributed by atoms with E-state index in [0.717, 1.165) is 12.0 Å². The summed E-state index contributed by atoms with van der Waals surface area (Å²) < 4.78 is 0.483. The molecule has 6 nitrogen and oxygen atoms in total. The van der Waals surface area contributed by atoms with Crippen molar-refractivity contribution in [2.45, 2.75) is 25.7 Å². The van der Waals surface area contributed by atoms with Gasteiger partial charge >= 0.3 is 11.9 Å². The molecule has 0 aromatic heterocycles. The molecule has 1 aromatic carbocycles. The molecule has 0 aliphatic carbocycles. The largest absolute Gasteiger partial charge is 0.481 e. The van der Waals surface area contributed by atoms with Crippen molar-refractivity contribution >= 4 is 52.2 Å². The summed E-state index contributed by atoms with van der Waals surface area (Å²) in [5.74, 6) is -1.99. The lowest BCUT2D eigenvalue weighted by molar-refractivity contribution is -0.137. The number of thiocarbonyl (C=S) groups is 1. The van der Waals surface area contributed by atoms with Crippen molar-refractivity contribution in [2.24, 2.45) is 0 Å². The van der Waals surface area contributed by atoms with Gasteiger partial charge in [0.1, 0.15) is 4.32 Å². The van der Waals surface area contributed by atoms with Crippen molar-refractivity contribution < 1.29 is 24.6 Å². The molecular formula is C17H17NO5S2. The zero-order chi connectivity index (χ0) is 18.4. The molecule has 1 aromatic rings. The van der Waals surface area contributed by atoms with E-state index in [1.54, 1.807) is 18.2 Å². The predicted molar refractivity (Wildman–Crippen MR) is 99.4 cm³/mol. The number of hydrogen-bond donors (Lipinski definition) is 2. The second-order valence-electron chi connectivity index (χ2n) is 5.46. The first kappa shape index (κ1) is 19.1. The van der Waals surface area contributed by atoms with E-state index in [4.69, 9.17) is 22.4 Å². The molecule has 132 valence electrons. The molecule has 0 bridgehead atoms. The summed E-state index contributed by atoms with van der Waals surface area (Å²) in [7, 11) is 0. The summed E-state index contributed by atoms with van der Waals surface area (Å²) in [5.41, 5.74) is 0.915. The van der Waals surface area contributed by atoms with Gasteiger partial charge in [-0.05, 0) is 36.6 Å². The van der Waals surface area contributed by atoms with Crippen molar-refractivity contribution in [3.05, 3.63) is 40.3 Å². The molecule has 1 aliphatic rings. The molecule has 1 heterocycles. The highest BCUT2D eigenvalue weighted by molar-refractivity contribution is 8.26. The lowest BCUT2D eigenvalue weighted by Gasteiger charge is -2.13. The Morgan fingerprint density at radius 1 is 1.12 bits per heavy atom. The van der Waals surface area contributed by atoms with Crippen LogP contribution in [0.15, 0.2) is 29.2 Å². The van der Waals surface area contributed by atoms with Gasteiger partial charge in [0.05, 0.1) is 10.5 Å². The van der Waals surface area contributed by atoms with Gasteiger partial charge in [-0.1, -0.05) is 42.5 Å². The molecule has 0 radical (unpaired) electrons. The molecular weight excluding hydrogens is 362 g/mol. The van der Waals surface area contributed by atoms with Crippen molar-refractivity contribution in [3.8, 4) is 0 Å². The minimum atomic E-state index is -0.999. The van der Waals surface area contributed by atoms with Crippen LogP contribution in [0, 0.1) is 0 Å². The third kappa shape index (κ3) is 5.40. The van der Waals surface area contributed by atoms with Crippen LogP contribution in [0.2, 0.25) is 0 Å². The number of benzene rings is 1. The highest BCUT2D eigenvalue weighted by atomic mass is 32.2. The fraction of sp³-hybridized carbons (Fsp3) is 0.294. The highest BCUT2D eigenvalue weighted by Crippen LogP contribution is 2.32. The monoisotopic (exact) mass is 379 g/mol. The van der Waals surface area contributed by atoms with Crippen molar-refractivity contribution in [2.75, 3.05) is 6.54 Å². The van der Waals surface area contributed by atoms with Gasteiger partial charge in [0.15, 0.2) is 0 Å². The highest BCUT2D eigenvalue weighted by Gasteiger charge is 2.31. The van der Waals surface area contributed by atoms with E-state index in [0.29, 0.717) is 28.6 Å². The smallest absolute Gasteiger partial charge is 0.335 e. The predicted octanol–water partition coefficient (Wildman–Crippen LogP) is 3.23. The molecule has 1 fully saturated rings. The SMILES string of the molecule is O=C(O)CCCCCN1C(=O)/C(=C/c2ccc(C(=O)O)cc2)SC1=S. The van der Waals surface area contributed by atoms with E-state index in [1.807, 2.05) is 0 Å². The van der Waals surface area contributed by atoms with Crippen LogP contribution in [0.3, 0.4) is 0 Å². The first-order chi connectivity index (χ1) is 11.9. The van der Waals surface area contributed by atoms with E-state index in [9.17, 15) is 14.4 Å². The summed E-state index contributed by atoms with van der Waals surface area (Å²) in [4.78, 5) is 35.8. The first-order valence-corrected chi connectivity index (χ1v) is 8.91. The maximum Gasteiger partial charge on any atom is 0.335 e. The minimum absolute atomic E-state index is 0.130. The quantitative estimate of drug-likeness (QED) is 0.407. The first-order valence-electron chi connectivity index (χ1n) is 7.69. The number of carbonyl (C=O) groups is 3. The maximum absolute atomic E-state index is 12.4. The van der Waals surface area contributed by atoms with Crippen LogP contribution in [0.1, 0.15) is 41.6 Å². The molecule has 0 saturated carbocycles. The Labute approximate surface area is 154 Å². The molecule has 0 unspecified atom stereocenters. The van der Waals surface area contributed by atoms with Crippen LogP contribution >= 0.6 is 24.0 Å². The van der Waals surface area contributed by atoms with Gasteiger partial charge in [-0.25, -0.2) is 4.79 Å². The van der Waals surface area contributed by atoms with Crippen LogP contribution in [0.4, 0.5) is 0 Å². The Morgan fingerprint density at radius 2 is 1.80 bits per heavy atom. The number of aliphatic carboxylic acids is 1. The van der Waals surface area contributed by atoms with Crippen LogP contribution < -0.4 is 0 Å². The molecule has 8 heteroatoms. The van der Waals surface area contributed by atoms with Gasteiger partial charge in [-0.3, -0.25) is 14.5 Å². The van der Waals surface area contributed by atoms with Crippen LogP contribution in [0.5, 0.6) is 0 Å². The lowest BCUT2D eigenvalue weighted by atomic mass is 10.1. The van der Waals surface area contributed by atoms with Gasteiger partial charge in [-0.2, -0.15) is 0 Å². The van der Waals surface area contributed by atoms with E-state index in [2.05, 4.69) is 0 Å². The molecule has 1 amide bonds. The molecule has 1 saturated heterocycles. The van der Waals surface area contributed by atoms with Gasteiger partial charge in [0, 0.05) is 13.0 Å². The third-order valence-corrected chi connectivity index (χ3v) is 4.98. The zero-order valence-corrected chi connectivity index (χ0v) is 14.9. The zero-order valence-electron chi connectivity index (χ0n) is 13.3. The van der Waals surface area contributed by atoms with Gasteiger partial charge in [0.25, 0.3) is 5.91 Å². The third-order valence-electron chi connectivity index (χ3n) is 3.60. The number of aromatic carboxylic acids is 1. The Hall–Kier alpha value is -2.19. The number of nitrogens with zero attached hydrogens (tertiary/aromatic N) is 1. The molecule has 25 heavy (non-hydrogen) atoms. The summed E-state index contributed by atoms with van der Waals surface area (Å²) in [6.45, 7) is 0.472. The van der Waals surface area contributed by atoms with Crippen molar-refractivity contribution in [1.29, 1.82) is 0 Å². The molecule has 0 spiro atoms. The molecule has 0 atom stereocenters. The van der Waals surface area contributed by atoms with Crippen LogP contribution in [-0.4, -0.2) is 43.8 Å². The Kier molecular flexibility index (Phi) is 6.72. The summed E-state index contributed by atoms with van der Waals surface area (Å²) >= 11 is 6.46. The Morgan fingerprint density at radius 3 is 2.40 bits per heavy atom. The summed E-state index contributed by atoms with van der Waals surface area (Å²) in [6.07, 6.45) is 3.81. The van der Waals surface area contributed by atoms with E-state index >= 15 is 0 Å². The number of thioether (sulfide) groups is 1. The van der Waals surface area contributed by atoms with Gasteiger partial charge in [0.2, 0.25) is 0 Å². The topological polar surface area (TPSA) is 94.9 Å². The van der Waals surface area contributed by atoms with E-state index in [1.165, 1.54) is 28.8 Å². The van der Waals surface area contributed by atoms with E-state index in [-0.39, 0.29) is 17.9 Å².